The average Bonchev–Trinajstić information content (AvgIpc) is 3.33. The molecule has 0 aliphatic heterocycles. The van der Waals surface area contributed by atoms with Crippen molar-refractivity contribution in [2.75, 3.05) is 11.1 Å². The predicted molar refractivity (Wildman–Crippen MR) is 102 cm³/mol. The number of nitrogens with two attached hydrogens (primary N) is 1. The molecule has 9 heteroatoms. The highest BCUT2D eigenvalue weighted by Gasteiger charge is 2.12. The molecule has 136 valence electrons. The van der Waals surface area contributed by atoms with E-state index in [1.807, 2.05) is 30.3 Å². The van der Waals surface area contributed by atoms with Crippen molar-refractivity contribution in [2.45, 2.75) is 13.0 Å². The molecule has 3 aromatic heterocycles. The quantitative estimate of drug-likeness (QED) is 0.527. The van der Waals surface area contributed by atoms with Crippen LogP contribution in [-0.4, -0.2) is 24.7 Å². The minimum atomic E-state index is 0.229. The van der Waals surface area contributed by atoms with E-state index in [1.165, 1.54) is 6.26 Å². The molecule has 0 aliphatic carbocycles. The number of halogens is 1. The molecule has 8 nitrogen and oxygen atoms in total. The molecule has 0 saturated carbocycles. The molecule has 1 aromatic carbocycles. The molecule has 27 heavy (non-hydrogen) atoms. The zero-order valence-corrected chi connectivity index (χ0v) is 15.0. The smallest absolute Gasteiger partial charge is 0.229 e. The average molecular weight is 382 g/mol. The van der Waals surface area contributed by atoms with Gasteiger partial charge >= 0.3 is 0 Å². The Labute approximate surface area is 160 Å². The van der Waals surface area contributed by atoms with Crippen molar-refractivity contribution in [1.82, 2.24) is 24.7 Å². The van der Waals surface area contributed by atoms with Crippen molar-refractivity contribution in [1.29, 1.82) is 0 Å². The number of nitrogen functional groups attached to an aromatic ring is 1. The topological polar surface area (TPSA) is 108 Å². The Bertz CT molecular complexity index is 1030. The van der Waals surface area contributed by atoms with E-state index in [0.717, 1.165) is 5.56 Å². The molecule has 0 saturated heterocycles. The number of nitrogens with zero attached hydrogens (tertiary/aromatic N) is 5. The van der Waals surface area contributed by atoms with Crippen molar-refractivity contribution < 1.29 is 4.42 Å². The highest BCUT2D eigenvalue weighted by molar-refractivity contribution is 6.33. The van der Waals surface area contributed by atoms with E-state index in [0.29, 0.717) is 41.2 Å². The SMILES string of the molecule is Nc1nc(Nc2cnn(Cc3ncco3)c2)nc(Cc2ccccc2)c1Cl. The van der Waals surface area contributed by atoms with Crippen LogP contribution in [0.3, 0.4) is 0 Å². The maximum absolute atomic E-state index is 6.29. The second-order valence-corrected chi connectivity index (χ2v) is 6.21. The van der Waals surface area contributed by atoms with Gasteiger partial charge in [0.15, 0.2) is 0 Å². The van der Waals surface area contributed by atoms with E-state index in [-0.39, 0.29) is 5.82 Å². The van der Waals surface area contributed by atoms with Crippen LogP contribution >= 0.6 is 11.6 Å². The van der Waals surface area contributed by atoms with Crippen LogP contribution < -0.4 is 11.1 Å². The molecule has 4 aromatic rings. The summed E-state index contributed by atoms with van der Waals surface area (Å²) in [6, 6.07) is 9.91. The van der Waals surface area contributed by atoms with Crippen molar-refractivity contribution in [2.24, 2.45) is 0 Å². The summed E-state index contributed by atoms with van der Waals surface area (Å²) in [7, 11) is 0. The van der Waals surface area contributed by atoms with Gasteiger partial charge in [-0.05, 0) is 5.56 Å². The predicted octanol–water partition coefficient (Wildman–Crippen LogP) is 3.28. The Morgan fingerprint density at radius 1 is 1.19 bits per heavy atom. The van der Waals surface area contributed by atoms with Crippen molar-refractivity contribution in [3.8, 4) is 0 Å². The third kappa shape index (κ3) is 4.06. The minimum Gasteiger partial charge on any atom is -0.447 e. The first-order valence-electron chi connectivity index (χ1n) is 8.21. The normalized spacial score (nSPS) is 10.9. The van der Waals surface area contributed by atoms with Crippen LogP contribution in [-0.2, 0) is 13.0 Å². The maximum atomic E-state index is 6.29. The Morgan fingerprint density at radius 3 is 2.81 bits per heavy atom. The zero-order chi connectivity index (χ0) is 18.6. The molecular formula is C18H16ClN7O. The number of hydrogen-bond donors (Lipinski definition) is 2. The molecular weight excluding hydrogens is 366 g/mol. The summed E-state index contributed by atoms with van der Waals surface area (Å²) in [5.41, 5.74) is 8.42. The van der Waals surface area contributed by atoms with Crippen LogP contribution in [0, 0.1) is 0 Å². The maximum Gasteiger partial charge on any atom is 0.229 e. The number of benzene rings is 1. The van der Waals surface area contributed by atoms with E-state index in [9.17, 15) is 0 Å². The lowest BCUT2D eigenvalue weighted by Crippen LogP contribution is -2.05. The van der Waals surface area contributed by atoms with Crippen molar-refractivity contribution >= 4 is 29.1 Å². The van der Waals surface area contributed by atoms with Gasteiger partial charge < -0.3 is 15.5 Å². The molecule has 4 rings (SSSR count). The number of anilines is 3. The number of nitrogens with one attached hydrogen (secondary N) is 1. The van der Waals surface area contributed by atoms with Gasteiger partial charge in [-0.2, -0.15) is 10.1 Å². The summed E-state index contributed by atoms with van der Waals surface area (Å²) in [6.07, 6.45) is 7.14. The summed E-state index contributed by atoms with van der Waals surface area (Å²) in [4.78, 5) is 12.8. The van der Waals surface area contributed by atoms with Crippen molar-refractivity contribution in [3.05, 3.63) is 77.4 Å². The van der Waals surface area contributed by atoms with E-state index < -0.39 is 0 Å². The highest BCUT2D eigenvalue weighted by Crippen LogP contribution is 2.25. The third-order valence-corrected chi connectivity index (χ3v) is 4.24. The van der Waals surface area contributed by atoms with Crippen LogP contribution in [0.1, 0.15) is 17.1 Å². The van der Waals surface area contributed by atoms with Gasteiger partial charge in [-0.15, -0.1) is 0 Å². The molecule has 3 N–H and O–H groups in total. The molecule has 0 atom stereocenters. The molecule has 0 bridgehead atoms. The first-order valence-corrected chi connectivity index (χ1v) is 8.59. The molecule has 0 amide bonds. The Kier molecular flexibility index (Phi) is 4.71. The number of aromatic nitrogens is 5. The Morgan fingerprint density at radius 2 is 2.04 bits per heavy atom. The molecule has 0 radical (unpaired) electrons. The van der Waals surface area contributed by atoms with Gasteiger partial charge in [0, 0.05) is 12.6 Å². The molecule has 3 heterocycles. The van der Waals surface area contributed by atoms with Gasteiger partial charge in [-0.25, -0.2) is 9.97 Å². The molecule has 0 unspecified atom stereocenters. The van der Waals surface area contributed by atoms with Gasteiger partial charge in [-0.1, -0.05) is 41.9 Å². The number of hydrogen-bond acceptors (Lipinski definition) is 7. The molecule has 0 aliphatic rings. The summed E-state index contributed by atoms with van der Waals surface area (Å²) in [5, 5.41) is 7.73. The van der Waals surface area contributed by atoms with E-state index in [1.54, 1.807) is 23.3 Å². The molecule has 0 spiro atoms. The fourth-order valence-corrected chi connectivity index (χ4v) is 2.74. The van der Waals surface area contributed by atoms with Gasteiger partial charge in [0.25, 0.3) is 0 Å². The first kappa shape index (κ1) is 17.0. The summed E-state index contributed by atoms with van der Waals surface area (Å²) in [5.74, 6) is 1.16. The lowest BCUT2D eigenvalue weighted by atomic mass is 10.1. The standard InChI is InChI=1S/C18H16ClN7O/c19-16-14(8-12-4-2-1-3-5-12)24-18(25-17(16)20)23-13-9-22-26(10-13)11-15-21-6-7-27-15/h1-7,9-10H,8,11H2,(H3,20,23,24,25). The summed E-state index contributed by atoms with van der Waals surface area (Å²) in [6.45, 7) is 0.428. The van der Waals surface area contributed by atoms with Gasteiger partial charge in [0.2, 0.25) is 11.8 Å². The van der Waals surface area contributed by atoms with Crippen LogP contribution in [0.25, 0.3) is 0 Å². The lowest BCUT2D eigenvalue weighted by Gasteiger charge is -2.09. The molecule has 0 fully saturated rings. The second kappa shape index (κ2) is 7.46. The van der Waals surface area contributed by atoms with Crippen LogP contribution in [0.4, 0.5) is 17.5 Å². The summed E-state index contributed by atoms with van der Waals surface area (Å²) >= 11 is 6.29. The van der Waals surface area contributed by atoms with Crippen molar-refractivity contribution in [3.63, 3.8) is 0 Å². The lowest BCUT2D eigenvalue weighted by molar-refractivity contribution is 0.465. The Hall–Kier alpha value is -3.39. The number of rotatable bonds is 6. The van der Waals surface area contributed by atoms with E-state index in [2.05, 4.69) is 25.4 Å². The van der Waals surface area contributed by atoms with Gasteiger partial charge in [-0.3, -0.25) is 4.68 Å². The monoisotopic (exact) mass is 381 g/mol. The van der Waals surface area contributed by atoms with E-state index in [4.69, 9.17) is 21.8 Å². The van der Waals surface area contributed by atoms with Crippen LogP contribution in [0.5, 0.6) is 0 Å². The third-order valence-electron chi connectivity index (χ3n) is 3.83. The van der Waals surface area contributed by atoms with Gasteiger partial charge in [0.05, 0.1) is 23.8 Å². The Balaban J connectivity index is 1.53. The highest BCUT2D eigenvalue weighted by atomic mass is 35.5. The fraction of sp³-hybridized carbons (Fsp3) is 0.111. The largest absolute Gasteiger partial charge is 0.447 e. The van der Waals surface area contributed by atoms with E-state index >= 15 is 0 Å². The summed E-state index contributed by atoms with van der Waals surface area (Å²) < 4.78 is 6.91. The second-order valence-electron chi connectivity index (χ2n) is 5.83. The van der Waals surface area contributed by atoms with Gasteiger partial charge in [0.1, 0.15) is 23.6 Å². The van der Waals surface area contributed by atoms with Crippen LogP contribution in [0.2, 0.25) is 5.02 Å². The fourth-order valence-electron chi connectivity index (χ4n) is 2.59. The number of oxazole rings is 1. The zero-order valence-electron chi connectivity index (χ0n) is 14.2. The van der Waals surface area contributed by atoms with Crippen LogP contribution in [0.15, 0.2) is 59.6 Å². The minimum absolute atomic E-state index is 0.229. The first-order chi connectivity index (χ1) is 13.2.